The van der Waals surface area contributed by atoms with Crippen LogP contribution in [0.1, 0.15) is 11.1 Å². The van der Waals surface area contributed by atoms with Crippen LogP contribution >= 0.6 is 0 Å². The molecule has 39 heavy (non-hydrogen) atoms. The Hall–Kier alpha value is -5.20. The average molecular weight is 508 g/mol. The quantitative estimate of drug-likeness (QED) is 0.256. The number of hydrogen-bond acceptors (Lipinski definition) is 4. The topological polar surface area (TPSA) is 42.4 Å². The van der Waals surface area contributed by atoms with Gasteiger partial charge in [-0.2, -0.15) is 10.2 Å². The van der Waals surface area contributed by atoms with Gasteiger partial charge < -0.3 is 0 Å². The summed E-state index contributed by atoms with van der Waals surface area (Å²) in [6, 6.07) is 49.6. The van der Waals surface area contributed by atoms with Gasteiger partial charge in [-0.15, -0.1) is 0 Å². The molecule has 0 saturated carbocycles. The van der Waals surface area contributed by atoms with Crippen LogP contribution in [0, 0.1) is 0 Å². The smallest absolute Gasteiger partial charge is 0.260 e. The molecule has 1 unspecified atom stereocenters. The van der Waals surface area contributed by atoms with Crippen LogP contribution in [0.2, 0.25) is 0 Å². The molecule has 0 spiro atoms. The Morgan fingerprint density at radius 3 is 1.54 bits per heavy atom. The molecule has 0 radical (unpaired) electrons. The minimum absolute atomic E-state index is 0.180. The third-order valence-electron chi connectivity index (χ3n) is 7.11. The van der Waals surface area contributed by atoms with Crippen LogP contribution in [0.4, 0.5) is 21.9 Å². The van der Waals surface area contributed by atoms with Crippen LogP contribution in [-0.2, 0) is 5.66 Å². The maximum atomic E-state index is 14.8. The lowest BCUT2D eigenvalue weighted by Gasteiger charge is -2.41. The van der Waals surface area contributed by atoms with Crippen LogP contribution in [0.25, 0.3) is 0 Å². The standard InChI is InChI=1S/C33H25N5O/c39-32-35(28-20-10-3-11-21-28)33(27-18-8-2-9-19-27)31(26-16-6-1-7-17-26)34-37(30-24-14-5-15-25-30)38(33)36(32)29-22-12-4-13-23-29/h1-25H. The predicted molar refractivity (Wildman–Crippen MR) is 155 cm³/mol. The van der Waals surface area contributed by atoms with Crippen molar-refractivity contribution in [3.63, 3.8) is 0 Å². The van der Waals surface area contributed by atoms with Gasteiger partial charge in [0.15, 0.2) is 0 Å². The summed E-state index contributed by atoms with van der Waals surface area (Å²) in [5.74, 6) is 0. The molecule has 0 aromatic heterocycles. The number of hydrazone groups is 1. The van der Waals surface area contributed by atoms with Crippen molar-refractivity contribution in [2.75, 3.05) is 15.0 Å². The predicted octanol–water partition coefficient (Wildman–Crippen LogP) is 7.04. The number of carbonyl (C=O) groups excluding carboxylic acids is 1. The summed E-state index contributed by atoms with van der Waals surface area (Å²) in [4.78, 5) is 16.6. The number of carbonyl (C=O) groups is 1. The minimum Gasteiger partial charge on any atom is -0.260 e. The normalized spacial score (nSPS) is 18.8. The molecule has 2 aliphatic heterocycles. The summed E-state index contributed by atoms with van der Waals surface area (Å²) in [6.07, 6.45) is 0. The largest absolute Gasteiger partial charge is 0.347 e. The summed E-state index contributed by atoms with van der Waals surface area (Å²) in [6.45, 7) is 0. The molecule has 2 amide bonds. The Bertz CT molecular complexity index is 1630. The summed E-state index contributed by atoms with van der Waals surface area (Å²) in [5.41, 5.74) is 3.82. The highest BCUT2D eigenvalue weighted by Crippen LogP contribution is 2.52. The van der Waals surface area contributed by atoms with E-state index in [1.165, 1.54) is 0 Å². The van der Waals surface area contributed by atoms with E-state index in [4.69, 9.17) is 5.10 Å². The summed E-state index contributed by atoms with van der Waals surface area (Å²) < 4.78 is 0. The van der Waals surface area contributed by atoms with Crippen molar-refractivity contribution in [2.45, 2.75) is 5.66 Å². The number of hydrogen-bond donors (Lipinski definition) is 0. The Labute approximate surface area is 227 Å². The first-order chi connectivity index (χ1) is 19.3. The summed E-state index contributed by atoms with van der Waals surface area (Å²) in [7, 11) is 0. The van der Waals surface area contributed by atoms with Crippen molar-refractivity contribution in [3.8, 4) is 0 Å². The van der Waals surface area contributed by atoms with Crippen LogP contribution in [0.5, 0.6) is 0 Å². The van der Waals surface area contributed by atoms with Gasteiger partial charge >= 0.3 is 6.03 Å². The van der Waals surface area contributed by atoms with Crippen LogP contribution < -0.4 is 15.0 Å². The third-order valence-corrected chi connectivity index (χ3v) is 7.11. The van der Waals surface area contributed by atoms with E-state index in [2.05, 4.69) is 24.3 Å². The fourth-order valence-corrected chi connectivity index (χ4v) is 5.48. The molecule has 1 saturated heterocycles. The highest BCUT2D eigenvalue weighted by atomic mass is 16.2. The number of nitrogens with zero attached hydrogens (tertiary/aromatic N) is 5. The van der Waals surface area contributed by atoms with E-state index in [1.807, 2.05) is 143 Å². The number of benzene rings is 5. The number of anilines is 3. The fourth-order valence-electron chi connectivity index (χ4n) is 5.48. The molecule has 6 nitrogen and oxygen atoms in total. The summed E-state index contributed by atoms with van der Waals surface area (Å²) in [5, 5.41) is 10.9. The SMILES string of the molecule is O=C1N(c2ccccc2)N2N(c3ccccc3)N=C(c3ccccc3)C2(c2ccccc2)N1c1ccccc1. The maximum Gasteiger partial charge on any atom is 0.347 e. The second kappa shape index (κ2) is 9.28. The number of hydrazine groups is 2. The van der Waals surface area contributed by atoms with Crippen LogP contribution in [0.15, 0.2) is 157 Å². The van der Waals surface area contributed by atoms with Crippen molar-refractivity contribution in [1.82, 2.24) is 5.12 Å². The molecule has 0 aliphatic carbocycles. The molecule has 5 aromatic rings. The second-order valence-corrected chi connectivity index (χ2v) is 9.37. The monoisotopic (exact) mass is 507 g/mol. The second-order valence-electron chi connectivity index (χ2n) is 9.37. The lowest BCUT2D eigenvalue weighted by atomic mass is 9.88. The maximum absolute atomic E-state index is 14.8. The zero-order valence-corrected chi connectivity index (χ0v) is 21.1. The molecule has 2 aliphatic rings. The van der Waals surface area contributed by atoms with E-state index in [-0.39, 0.29) is 6.03 Å². The van der Waals surface area contributed by atoms with Gasteiger partial charge in [0.25, 0.3) is 0 Å². The zero-order chi connectivity index (χ0) is 26.2. The first-order valence-electron chi connectivity index (χ1n) is 12.9. The molecule has 6 heteroatoms. The summed E-state index contributed by atoms with van der Waals surface area (Å²) >= 11 is 0. The Balaban J connectivity index is 1.60. The van der Waals surface area contributed by atoms with Gasteiger partial charge in [0.2, 0.25) is 5.66 Å². The van der Waals surface area contributed by atoms with Crippen LogP contribution in [-0.4, -0.2) is 16.9 Å². The molecule has 1 atom stereocenters. The average Bonchev–Trinajstić information content (AvgIpc) is 3.49. The van der Waals surface area contributed by atoms with Gasteiger partial charge in [-0.25, -0.2) is 9.80 Å². The van der Waals surface area contributed by atoms with Gasteiger partial charge in [0.1, 0.15) is 5.71 Å². The van der Waals surface area contributed by atoms with E-state index >= 15 is 0 Å². The minimum atomic E-state index is -1.12. The molecule has 0 bridgehead atoms. The first kappa shape index (κ1) is 23.0. The Morgan fingerprint density at radius 2 is 0.974 bits per heavy atom. The van der Waals surface area contributed by atoms with E-state index < -0.39 is 5.66 Å². The van der Waals surface area contributed by atoms with Crippen molar-refractivity contribution < 1.29 is 4.79 Å². The van der Waals surface area contributed by atoms with E-state index in [0.717, 1.165) is 33.9 Å². The van der Waals surface area contributed by atoms with Crippen molar-refractivity contribution in [1.29, 1.82) is 0 Å². The highest BCUT2D eigenvalue weighted by molar-refractivity contribution is 6.20. The Morgan fingerprint density at radius 1 is 0.513 bits per heavy atom. The van der Waals surface area contributed by atoms with Gasteiger partial charge in [-0.1, -0.05) is 120 Å². The van der Waals surface area contributed by atoms with Gasteiger partial charge in [-0.3, -0.25) is 4.90 Å². The first-order valence-corrected chi connectivity index (χ1v) is 12.9. The Kier molecular flexibility index (Phi) is 5.46. The van der Waals surface area contributed by atoms with Crippen molar-refractivity contribution >= 4 is 28.8 Å². The number of amides is 2. The van der Waals surface area contributed by atoms with Gasteiger partial charge in [-0.05, 0) is 36.4 Å². The molecular weight excluding hydrogens is 482 g/mol. The fraction of sp³-hybridized carbons (Fsp3) is 0.0303. The van der Waals surface area contributed by atoms with Crippen molar-refractivity contribution in [3.05, 3.63) is 163 Å². The van der Waals surface area contributed by atoms with Gasteiger partial charge in [0, 0.05) is 16.8 Å². The molecule has 5 aromatic carbocycles. The number of rotatable bonds is 5. The van der Waals surface area contributed by atoms with Gasteiger partial charge in [0.05, 0.1) is 11.4 Å². The van der Waals surface area contributed by atoms with E-state index in [1.54, 1.807) is 5.01 Å². The van der Waals surface area contributed by atoms with Crippen molar-refractivity contribution in [2.24, 2.45) is 5.10 Å². The zero-order valence-electron chi connectivity index (χ0n) is 21.1. The third kappa shape index (κ3) is 3.46. The van der Waals surface area contributed by atoms with E-state index in [0.29, 0.717) is 0 Å². The highest BCUT2D eigenvalue weighted by Gasteiger charge is 2.67. The number of para-hydroxylation sites is 3. The molecule has 188 valence electrons. The molecule has 7 rings (SSSR count). The molecular formula is C33H25N5O. The molecule has 1 fully saturated rings. The molecule has 0 N–H and O–H groups in total. The number of fused-ring (bicyclic) bond motifs is 1. The lowest BCUT2D eigenvalue weighted by molar-refractivity contribution is 0.191. The molecule has 2 heterocycles. The lowest BCUT2D eigenvalue weighted by Crippen LogP contribution is -2.58. The number of urea groups is 1. The van der Waals surface area contributed by atoms with Crippen LogP contribution in [0.3, 0.4) is 0 Å². The van der Waals surface area contributed by atoms with E-state index in [9.17, 15) is 4.79 Å².